The second kappa shape index (κ2) is 9.27. The van der Waals surface area contributed by atoms with Crippen molar-refractivity contribution in [2.75, 3.05) is 17.7 Å². The Morgan fingerprint density at radius 3 is 2.75 bits per heavy atom. The molecule has 1 atom stereocenters. The van der Waals surface area contributed by atoms with Gasteiger partial charge in [0.05, 0.1) is 22.3 Å². The number of cyclic esters (lactones) is 1. The Morgan fingerprint density at radius 2 is 2.00 bits per heavy atom. The average Bonchev–Trinajstić information content (AvgIpc) is 2.65. The molecule has 0 radical (unpaired) electrons. The number of ether oxygens (including phenoxy) is 2. The predicted octanol–water partition coefficient (Wildman–Crippen LogP) is 5.64. The van der Waals surface area contributed by atoms with Crippen molar-refractivity contribution < 1.29 is 18.8 Å². The molecule has 1 unspecified atom stereocenters. The van der Waals surface area contributed by atoms with Crippen molar-refractivity contribution in [3.8, 4) is 5.75 Å². The van der Waals surface area contributed by atoms with Gasteiger partial charge in [-0.15, -0.1) is 0 Å². The van der Waals surface area contributed by atoms with Crippen LogP contribution in [0.3, 0.4) is 0 Å². The fourth-order valence-corrected chi connectivity index (χ4v) is 4.59. The maximum absolute atomic E-state index is 12.4. The first-order chi connectivity index (χ1) is 13.4. The molecule has 28 heavy (non-hydrogen) atoms. The van der Waals surface area contributed by atoms with Crippen molar-refractivity contribution in [3.05, 3.63) is 51.0 Å². The minimum Gasteiger partial charge on any atom is -0.611 e. The standard InChI is InChI=1S/C20H21Cl2NO4S/c1-12-9-18-15(11-27-20(24)23-18)13(2)19(12)26-7-3-4-8-28(25)14-5-6-16(21)17(22)10-14/h5-6,9-10H,3-4,7-8,11H2,1-2H3,(H,23,24). The second-order valence-electron chi connectivity index (χ2n) is 6.56. The molecule has 2 aromatic carbocycles. The van der Waals surface area contributed by atoms with E-state index < -0.39 is 17.3 Å². The van der Waals surface area contributed by atoms with E-state index in [0.717, 1.165) is 41.0 Å². The largest absolute Gasteiger partial charge is 0.611 e. The third-order valence-electron chi connectivity index (χ3n) is 4.55. The highest BCUT2D eigenvalue weighted by molar-refractivity contribution is 7.91. The number of rotatable bonds is 7. The fraction of sp³-hybridized carbons (Fsp3) is 0.350. The summed E-state index contributed by atoms with van der Waals surface area (Å²) in [6.45, 7) is 4.67. The van der Waals surface area contributed by atoms with E-state index in [0.29, 0.717) is 27.3 Å². The number of anilines is 1. The Kier molecular flexibility index (Phi) is 6.99. The zero-order valence-corrected chi connectivity index (χ0v) is 18.0. The van der Waals surface area contributed by atoms with Crippen LogP contribution in [0, 0.1) is 13.8 Å². The van der Waals surface area contributed by atoms with Gasteiger partial charge in [0.1, 0.15) is 18.1 Å². The number of fused-ring (bicyclic) bond motifs is 1. The highest BCUT2D eigenvalue weighted by atomic mass is 35.5. The number of aryl methyl sites for hydroxylation is 1. The molecular weight excluding hydrogens is 421 g/mol. The van der Waals surface area contributed by atoms with Crippen molar-refractivity contribution in [1.29, 1.82) is 0 Å². The molecule has 1 N–H and O–H groups in total. The van der Waals surface area contributed by atoms with Gasteiger partial charge in [-0.1, -0.05) is 23.2 Å². The first kappa shape index (κ1) is 21.1. The lowest BCUT2D eigenvalue weighted by molar-refractivity contribution is 0.151. The number of hydrogen-bond acceptors (Lipinski definition) is 4. The van der Waals surface area contributed by atoms with E-state index in [2.05, 4.69) is 5.32 Å². The molecule has 0 aromatic heterocycles. The van der Waals surface area contributed by atoms with Crippen LogP contribution in [0.5, 0.6) is 5.75 Å². The summed E-state index contributed by atoms with van der Waals surface area (Å²) in [6, 6.07) is 6.95. The molecule has 2 aromatic rings. The van der Waals surface area contributed by atoms with Crippen molar-refractivity contribution >= 4 is 46.2 Å². The second-order valence-corrected chi connectivity index (χ2v) is 8.94. The number of hydrogen-bond donors (Lipinski definition) is 1. The molecule has 0 aliphatic carbocycles. The SMILES string of the molecule is Cc1cc2c(c(C)c1OCCCC[S+]([O-])c1ccc(Cl)c(Cl)c1)COC(=O)N2. The van der Waals surface area contributed by atoms with Gasteiger partial charge >= 0.3 is 6.09 Å². The van der Waals surface area contributed by atoms with Crippen LogP contribution in [0.15, 0.2) is 29.2 Å². The summed E-state index contributed by atoms with van der Waals surface area (Å²) in [5.74, 6) is 1.34. The summed E-state index contributed by atoms with van der Waals surface area (Å²) < 4.78 is 23.4. The van der Waals surface area contributed by atoms with Crippen molar-refractivity contribution in [1.82, 2.24) is 0 Å². The maximum atomic E-state index is 12.4. The van der Waals surface area contributed by atoms with Gasteiger partial charge in [0.2, 0.25) is 0 Å². The van der Waals surface area contributed by atoms with E-state index in [1.165, 1.54) is 0 Å². The molecule has 1 aliphatic rings. The summed E-state index contributed by atoms with van der Waals surface area (Å²) in [5.41, 5.74) is 3.63. The van der Waals surface area contributed by atoms with Crippen LogP contribution in [0.1, 0.15) is 29.5 Å². The number of carbonyl (C=O) groups excluding carboxylic acids is 1. The molecule has 8 heteroatoms. The van der Waals surface area contributed by atoms with Gasteiger partial charge in [-0.2, -0.15) is 0 Å². The van der Waals surface area contributed by atoms with E-state index in [9.17, 15) is 9.35 Å². The fourth-order valence-electron chi connectivity index (χ4n) is 3.05. The van der Waals surface area contributed by atoms with Crippen LogP contribution < -0.4 is 10.1 Å². The highest BCUT2D eigenvalue weighted by Crippen LogP contribution is 2.35. The lowest BCUT2D eigenvalue weighted by Crippen LogP contribution is -2.21. The molecule has 0 bridgehead atoms. The van der Waals surface area contributed by atoms with Gasteiger partial charge in [0.15, 0.2) is 4.90 Å². The molecule has 0 fully saturated rings. The molecule has 1 aliphatic heterocycles. The summed E-state index contributed by atoms with van der Waals surface area (Å²) >= 11 is 10.8. The summed E-state index contributed by atoms with van der Waals surface area (Å²) in [5, 5.41) is 3.58. The molecule has 1 heterocycles. The van der Waals surface area contributed by atoms with Crippen LogP contribution >= 0.6 is 23.2 Å². The average molecular weight is 442 g/mol. The van der Waals surface area contributed by atoms with Crippen LogP contribution in [0.25, 0.3) is 0 Å². The number of benzene rings is 2. The number of unbranched alkanes of at least 4 members (excludes halogenated alkanes) is 1. The van der Waals surface area contributed by atoms with Crippen molar-refractivity contribution in [2.45, 2.75) is 38.2 Å². The Bertz CT molecular complexity index is 891. The third kappa shape index (κ3) is 4.87. The van der Waals surface area contributed by atoms with Gasteiger partial charge < -0.3 is 14.0 Å². The molecule has 0 saturated heterocycles. The third-order valence-corrected chi connectivity index (χ3v) is 6.72. The van der Waals surface area contributed by atoms with E-state index in [4.69, 9.17) is 32.7 Å². The van der Waals surface area contributed by atoms with Crippen LogP contribution in [-0.2, 0) is 22.5 Å². The van der Waals surface area contributed by atoms with Gasteiger partial charge in [-0.05, 0) is 67.2 Å². The number of carbonyl (C=O) groups is 1. The van der Waals surface area contributed by atoms with Crippen LogP contribution in [0.2, 0.25) is 10.0 Å². The summed E-state index contributed by atoms with van der Waals surface area (Å²) in [6.07, 6.45) is 1.10. The monoisotopic (exact) mass is 441 g/mol. The minimum atomic E-state index is -1.12. The number of halogens is 2. The normalized spacial score (nSPS) is 14.1. The molecule has 1 amide bonds. The minimum absolute atomic E-state index is 0.242. The Balaban J connectivity index is 1.51. The topological polar surface area (TPSA) is 70.6 Å². The summed E-state index contributed by atoms with van der Waals surface area (Å²) in [4.78, 5) is 12.0. The molecule has 0 spiro atoms. The Labute approximate surface area is 177 Å². The Morgan fingerprint density at radius 1 is 1.21 bits per heavy atom. The quantitative estimate of drug-likeness (QED) is 0.445. The van der Waals surface area contributed by atoms with E-state index >= 15 is 0 Å². The van der Waals surface area contributed by atoms with Crippen molar-refractivity contribution in [3.63, 3.8) is 0 Å². The van der Waals surface area contributed by atoms with Gasteiger partial charge in [0.25, 0.3) is 0 Å². The molecule has 3 rings (SSSR count). The highest BCUT2D eigenvalue weighted by Gasteiger charge is 2.21. The predicted molar refractivity (Wildman–Crippen MR) is 112 cm³/mol. The molecule has 150 valence electrons. The molecular formula is C20H21Cl2NO4S. The zero-order valence-electron chi connectivity index (χ0n) is 15.6. The maximum Gasteiger partial charge on any atom is 0.411 e. The lowest BCUT2D eigenvalue weighted by Gasteiger charge is -2.23. The smallest absolute Gasteiger partial charge is 0.411 e. The van der Waals surface area contributed by atoms with Crippen LogP contribution in [-0.4, -0.2) is 23.0 Å². The van der Waals surface area contributed by atoms with Gasteiger partial charge in [-0.3, -0.25) is 5.32 Å². The number of amides is 1. The number of nitrogens with one attached hydrogen (secondary N) is 1. The molecule has 5 nitrogen and oxygen atoms in total. The lowest BCUT2D eigenvalue weighted by atomic mass is 10.0. The van der Waals surface area contributed by atoms with E-state index in [-0.39, 0.29) is 6.61 Å². The molecule has 0 saturated carbocycles. The first-order valence-corrected chi connectivity index (χ1v) is 11.0. The van der Waals surface area contributed by atoms with E-state index in [1.807, 2.05) is 19.9 Å². The van der Waals surface area contributed by atoms with E-state index in [1.54, 1.807) is 18.2 Å². The zero-order chi connectivity index (χ0) is 20.3. The van der Waals surface area contributed by atoms with Crippen LogP contribution in [0.4, 0.5) is 10.5 Å². The Hall–Kier alpha value is -1.60. The van der Waals surface area contributed by atoms with Gasteiger partial charge in [-0.25, -0.2) is 4.79 Å². The van der Waals surface area contributed by atoms with Gasteiger partial charge in [0, 0.05) is 11.6 Å². The first-order valence-electron chi connectivity index (χ1n) is 8.90. The summed E-state index contributed by atoms with van der Waals surface area (Å²) in [7, 11) is 0. The van der Waals surface area contributed by atoms with Crippen molar-refractivity contribution in [2.24, 2.45) is 0 Å².